The van der Waals surface area contributed by atoms with Gasteiger partial charge in [-0.15, -0.1) is 0 Å². The van der Waals surface area contributed by atoms with Crippen molar-refractivity contribution in [2.75, 3.05) is 14.1 Å². The molecule has 1 aliphatic carbocycles. The van der Waals surface area contributed by atoms with E-state index in [1.54, 1.807) is 0 Å². The molecule has 0 aliphatic heterocycles. The van der Waals surface area contributed by atoms with Crippen LogP contribution in [-0.4, -0.2) is 23.5 Å². The molecule has 0 radical (unpaired) electrons. The van der Waals surface area contributed by atoms with E-state index in [2.05, 4.69) is 68.1 Å². The average molecular weight is 289 g/mol. The molecule has 6 nitrogen and oxygen atoms in total. The van der Waals surface area contributed by atoms with E-state index in [9.17, 15) is 0 Å². The molecule has 0 bridgehead atoms. The van der Waals surface area contributed by atoms with Crippen LogP contribution in [0.3, 0.4) is 0 Å². The second-order valence-corrected chi connectivity index (χ2v) is 3.16. The normalized spacial score (nSPS) is 9.17. The SMILES string of the molecule is CN(C)[C](=[Cr])C1CC1.[C-]#[O+].[C-]#[O+].[C-]#[O+].[C-]#[O+].[C-]#[O+]. The van der Waals surface area contributed by atoms with E-state index >= 15 is 0 Å². The van der Waals surface area contributed by atoms with E-state index in [4.69, 9.17) is 23.3 Å². The van der Waals surface area contributed by atoms with Gasteiger partial charge in [0, 0.05) is 0 Å². The molecule has 0 spiro atoms. The predicted molar refractivity (Wildman–Crippen MR) is 51.1 cm³/mol. The van der Waals surface area contributed by atoms with Crippen molar-refractivity contribution in [3.63, 3.8) is 0 Å². The molecule has 1 fully saturated rings. The van der Waals surface area contributed by atoms with Crippen LogP contribution in [0.1, 0.15) is 12.8 Å². The zero-order valence-corrected chi connectivity index (χ0v) is 11.2. The first-order chi connectivity index (χ1) is 8.72. The molecule has 1 saturated carbocycles. The summed E-state index contributed by atoms with van der Waals surface area (Å²) >= 11 is 3.08. The summed E-state index contributed by atoms with van der Waals surface area (Å²) in [6, 6.07) is 0. The molecule has 0 N–H and O–H groups in total. The molecule has 0 aromatic rings. The fourth-order valence-electron chi connectivity index (χ4n) is 0.695. The van der Waals surface area contributed by atoms with Crippen molar-refractivity contribution in [1.29, 1.82) is 0 Å². The maximum absolute atomic E-state index is 7.50. The van der Waals surface area contributed by atoms with E-state index in [0.717, 1.165) is 5.92 Å². The molecular weight excluding hydrogens is 278 g/mol. The predicted octanol–water partition coefficient (Wildman–Crippen LogP) is 0.447. The molecule has 0 heterocycles. The molecule has 0 atom stereocenters. The summed E-state index contributed by atoms with van der Waals surface area (Å²) in [5.74, 6) is 0.880. The van der Waals surface area contributed by atoms with Crippen molar-refractivity contribution < 1.29 is 39.1 Å². The first-order valence-electron chi connectivity index (χ1n) is 3.95. The molecule has 1 rings (SSSR count). The van der Waals surface area contributed by atoms with Gasteiger partial charge in [-0.05, 0) is 0 Å². The number of nitrogens with zero attached hydrogens (tertiary/aromatic N) is 1. The number of hydrogen-bond donors (Lipinski definition) is 0. The Morgan fingerprint density at radius 3 is 1.11 bits per heavy atom. The van der Waals surface area contributed by atoms with Crippen molar-refractivity contribution in [3.8, 4) is 0 Å². The second kappa shape index (κ2) is 36.0. The van der Waals surface area contributed by atoms with Crippen LogP contribution in [0.5, 0.6) is 0 Å². The third kappa shape index (κ3) is 29.4. The van der Waals surface area contributed by atoms with Gasteiger partial charge in [0.25, 0.3) is 0 Å². The molecule has 96 valence electrons. The summed E-state index contributed by atoms with van der Waals surface area (Å²) in [7, 11) is 4.17. The summed E-state index contributed by atoms with van der Waals surface area (Å²) in [4.78, 5) is 2.16. The fourth-order valence-corrected chi connectivity index (χ4v) is 1.06. The number of rotatable bonds is 2. The molecule has 0 aromatic carbocycles. The zero-order valence-electron chi connectivity index (χ0n) is 9.89. The summed E-state index contributed by atoms with van der Waals surface area (Å²) in [5, 5.41) is 0. The van der Waals surface area contributed by atoms with E-state index < -0.39 is 0 Å². The van der Waals surface area contributed by atoms with Crippen molar-refractivity contribution in [1.82, 2.24) is 4.90 Å². The van der Waals surface area contributed by atoms with Crippen LogP contribution in [0.4, 0.5) is 0 Å². The van der Waals surface area contributed by atoms with Gasteiger partial charge < -0.3 is 0 Å². The van der Waals surface area contributed by atoms with E-state index in [-0.39, 0.29) is 0 Å². The summed E-state index contributed by atoms with van der Waals surface area (Å²) in [5.41, 5.74) is 0. The van der Waals surface area contributed by atoms with Crippen LogP contribution in [-0.2, 0) is 39.1 Å². The van der Waals surface area contributed by atoms with Crippen LogP contribution >= 0.6 is 0 Å². The minimum atomic E-state index is 0.880. The standard InChI is InChI=1S/C6H11N.5CO.Cr/c1-7(2)5-6-3-4-6;5*1-2;/h6H,3-4H2,1-2H3;;;;;;. The van der Waals surface area contributed by atoms with Crippen molar-refractivity contribution in [3.05, 3.63) is 33.3 Å². The Morgan fingerprint density at radius 1 is 0.833 bits per heavy atom. The first-order valence-corrected chi connectivity index (χ1v) is 4.59. The first kappa shape index (κ1) is 30.3. The quantitative estimate of drug-likeness (QED) is 0.534. The van der Waals surface area contributed by atoms with Crippen molar-refractivity contribution >= 4 is 4.50 Å². The molecule has 1 aliphatic rings. The zero-order chi connectivity index (χ0) is 16.1. The number of hydrogen-bond acceptors (Lipinski definition) is 1. The Morgan fingerprint density at radius 2 is 1.06 bits per heavy atom. The average Bonchev–Trinajstić information content (AvgIpc) is 3.33. The Hall–Kier alpha value is -0.938. The molecule has 0 aromatic heterocycles. The fraction of sp³-hybridized carbons (Fsp3) is 0.455. The van der Waals surface area contributed by atoms with Gasteiger partial charge in [0.05, 0.1) is 0 Å². The van der Waals surface area contributed by atoms with Crippen LogP contribution in [0.25, 0.3) is 0 Å². The molecule has 18 heavy (non-hydrogen) atoms. The van der Waals surface area contributed by atoms with Gasteiger partial charge in [0.15, 0.2) is 0 Å². The third-order valence-corrected chi connectivity index (χ3v) is 2.46. The van der Waals surface area contributed by atoms with Gasteiger partial charge in [0.2, 0.25) is 0 Å². The Bertz CT molecular complexity index is 235. The van der Waals surface area contributed by atoms with Crippen molar-refractivity contribution in [2.24, 2.45) is 5.92 Å². The minimum absolute atomic E-state index is 0.880. The van der Waals surface area contributed by atoms with Crippen LogP contribution in [0.15, 0.2) is 0 Å². The van der Waals surface area contributed by atoms with Gasteiger partial charge in [-0.3, -0.25) is 0 Å². The van der Waals surface area contributed by atoms with Crippen LogP contribution in [0, 0.1) is 39.2 Å². The summed E-state index contributed by atoms with van der Waals surface area (Å²) in [6.45, 7) is 22.5. The molecule has 7 heteroatoms. The summed E-state index contributed by atoms with van der Waals surface area (Å²) in [6.07, 6.45) is 2.78. The Labute approximate surface area is 115 Å². The van der Waals surface area contributed by atoms with Crippen LogP contribution in [0.2, 0.25) is 0 Å². The van der Waals surface area contributed by atoms with Crippen LogP contribution < -0.4 is 0 Å². The van der Waals surface area contributed by atoms with Crippen molar-refractivity contribution in [2.45, 2.75) is 12.8 Å². The van der Waals surface area contributed by atoms with E-state index in [0.29, 0.717) is 0 Å². The molecule has 0 unspecified atom stereocenters. The monoisotopic (exact) mass is 289 g/mol. The van der Waals surface area contributed by atoms with Gasteiger partial charge >= 0.3 is 115 Å². The second-order valence-electron chi connectivity index (χ2n) is 2.51. The maximum atomic E-state index is 7.50. The molecular formula is C11H11CrNO5. The van der Waals surface area contributed by atoms with Gasteiger partial charge in [-0.25, -0.2) is 0 Å². The van der Waals surface area contributed by atoms with Gasteiger partial charge in [0.1, 0.15) is 0 Å². The Balaban J connectivity index is -0.0000000482. The van der Waals surface area contributed by atoms with E-state index in [1.807, 2.05) is 0 Å². The van der Waals surface area contributed by atoms with E-state index in [1.165, 1.54) is 17.3 Å². The Kier molecular flexibility index (Phi) is 60.5. The third-order valence-electron chi connectivity index (χ3n) is 1.37. The topological polar surface area (TPSA) is 103 Å². The summed E-state index contributed by atoms with van der Waals surface area (Å²) < 4.78 is 38.9. The molecule has 0 amide bonds. The molecule has 0 saturated heterocycles. The van der Waals surface area contributed by atoms with Gasteiger partial charge in [-0.1, -0.05) is 0 Å². The van der Waals surface area contributed by atoms with Gasteiger partial charge in [-0.2, -0.15) is 0 Å².